The van der Waals surface area contributed by atoms with Gasteiger partial charge in [0.2, 0.25) is 16.8 Å². The molecule has 2 N–H and O–H groups in total. The minimum absolute atomic E-state index is 0.255. The molecular weight excluding hydrogens is 344 g/mol. The zero-order valence-electron chi connectivity index (χ0n) is 14.3. The van der Waals surface area contributed by atoms with Crippen LogP contribution in [0.15, 0.2) is 23.2 Å². The van der Waals surface area contributed by atoms with Gasteiger partial charge in [-0.1, -0.05) is 6.07 Å². The van der Waals surface area contributed by atoms with E-state index in [-0.39, 0.29) is 12.5 Å². The van der Waals surface area contributed by atoms with Crippen LogP contribution in [0.25, 0.3) is 0 Å². The summed E-state index contributed by atoms with van der Waals surface area (Å²) in [6.07, 6.45) is 0.709. The molecule has 9 heteroatoms. The standard InChI is InChI=1S/C16H24N4O4S/c1-2-17-16(18-6-8-20-7-3-9-25(20,21)22)19-11-13-4-5-14-15(10-13)24-12-23-14/h4-5,10H,2-3,6-9,11-12H2,1H3,(H2,17,18,19). The van der Waals surface area contributed by atoms with Crippen molar-refractivity contribution in [3.8, 4) is 11.5 Å². The van der Waals surface area contributed by atoms with Crippen molar-refractivity contribution in [3.05, 3.63) is 23.8 Å². The Morgan fingerprint density at radius 3 is 2.88 bits per heavy atom. The van der Waals surface area contributed by atoms with E-state index in [1.807, 2.05) is 25.1 Å². The molecule has 25 heavy (non-hydrogen) atoms. The van der Waals surface area contributed by atoms with Crippen LogP contribution in [0.5, 0.6) is 11.5 Å². The second-order valence-corrected chi connectivity index (χ2v) is 7.97. The van der Waals surface area contributed by atoms with Crippen LogP contribution in [0.2, 0.25) is 0 Å². The summed E-state index contributed by atoms with van der Waals surface area (Å²) < 4.78 is 35.8. The average Bonchev–Trinajstić information content (AvgIpc) is 3.18. The van der Waals surface area contributed by atoms with Crippen molar-refractivity contribution in [2.75, 3.05) is 38.7 Å². The van der Waals surface area contributed by atoms with Crippen molar-refractivity contribution in [1.82, 2.24) is 14.9 Å². The first-order chi connectivity index (χ1) is 12.1. The molecule has 0 bridgehead atoms. The van der Waals surface area contributed by atoms with E-state index in [9.17, 15) is 8.42 Å². The minimum Gasteiger partial charge on any atom is -0.454 e. The van der Waals surface area contributed by atoms with Crippen molar-refractivity contribution in [2.45, 2.75) is 19.9 Å². The predicted octanol–water partition coefficient (Wildman–Crippen LogP) is 0.506. The summed E-state index contributed by atoms with van der Waals surface area (Å²) in [5.74, 6) is 2.41. The predicted molar refractivity (Wildman–Crippen MR) is 95.4 cm³/mol. The van der Waals surface area contributed by atoms with Gasteiger partial charge in [-0.3, -0.25) is 0 Å². The van der Waals surface area contributed by atoms with Gasteiger partial charge < -0.3 is 20.1 Å². The monoisotopic (exact) mass is 368 g/mol. The Hall–Kier alpha value is -2.00. The molecule has 1 aromatic carbocycles. The van der Waals surface area contributed by atoms with Crippen molar-refractivity contribution in [1.29, 1.82) is 0 Å². The van der Waals surface area contributed by atoms with Crippen LogP contribution in [0, 0.1) is 0 Å². The molecule has 0 spiro atoms. The third-order valence-electron chi connectivity index (χ3n) is 4.06. The lowest BCUT2D eigenvalue weighted by atomic mass is 10.2. The molecule has 1 fully saturated rings. The Morgan fingerprint density at radius 2 is 2.12 bits per heavy atom. The number of nitrogens with zero attached hydrogens (tertiary/aromatic N) is 2. The average molecular weight is 368 g/mol. The number of aliphatic imine (C=N–C) groups is 1. The number of nitrogens with one attached hydrogen (secondary N) is 2. The molecule has 3 rings (SSSR count). The van der Waals surface area contributed by atoms with E-state index in [0.29, 0.717) is 38.6 Å². The van der Waals surface area contributed by atoms with Gasteiger partial charge in [0.25, 0.3) is 0 Å². The highest BCUT2D eigenvalue weighted by molar-refractivity contribution is 7.89. The molecule has 2 heterocycles. The van der Waals surface area contributed by atoms with Crippen LogP contribution in [0.4, 0.5) is 0 Å². The highest BCUT2D eigenvalue weighted by atomic mass is 32.2. The molecule has 2 aliphatic heterocycles. The number of sulfonamides is 1. The second-order valence-electron chi connectivity index (χ2n) is 5.88. The van der Waals surface area contributed by atoms with E-state index < -0.39 is 10.0 Å². The van der Waals surface area contributed by atoms with E-state index >= 15 is 0 Å². The number of hydrogen-bond donors (Lipinski definition) is 2. The van der Waals surface area contributed by atoms with Crippen molar-refractivity contribution in [2.24, 2.45) is 4.99 Å². The molecule has 0 atom stereocenters. The van der Waals surface area contributed by atoms with Crippen molar-refractivity contribution >= 4 is 16.0 Å². The molecule has 2 aliphatic rings. The largest absolute Gasteiger partial charge is 0.454 e. The van der Waals surface area contributed by atoms with Crippen LogP contribution in [0.3, 0.4) is 0 Å². The maximum absolute atomic E-state index is 11.8. The third kappa shape index (κ3) is 4.55. The molecule has 1 saturated heterocycles. The highest BCUT2D eigenvalue weighted by Crippen LogP contribution is 2.32. The van der Waals surface area contributed by atoms with Gasteiger partial charge in [-0.25, -0.2) is 17.7 Å². The van der Waals surface area contributed by atoms with E-state index in [0.717, 1.165) is 23.6 Å². The molecule has 0 aliphatic carbocycles. The molecule has 0 amide bonds. The van der Waals surface area contributed by atoms with E-state index in [4.69, 9.17) is 9.47 Å². The Balaban J connectivity index is 1.54. The third-order valence-corrected chi connectivity index (χ3v) is 6.01. The first kappa shape index (κ1) is 17.8. The van der Waals surface area contributed by atoms with Crippen LogP contribution < -0.4 is 20.1 Å². The lowest BCUT2D eigenvalue weighted by Gasteiger charge is -2.16. The summed E-state index contributed by atoms with van der Waals surface area (Å²) in [4.78, 5) is 4.54. The first-order valence-corrected chi connectivity index (χ1v) is 10.1. The summed E-state index contributed by atoms with van der Waals surface area (Å²) >= 11 is 0. The van der Waals surface area contributed by atoms with E-state index in [1.165, 1.54) is 4.31 Å². The molecule has 0 aromatic heterocycles. The zero-order valence-corrected chi connectivity index (χ0v) is 15.1. The molecule has 0 radical (unpaired) electrons. The van der Waals surface area contributed by atoms with E-state index in [1.54, 1.807) is 0 Å². The summed E-state index contributed by atoms with van der Waals surface area (Å²) in [5.41, 5.74) is 1.02. The van der Waals surface area contributed by atoms with Gasteiger partial charge in [0.05, 0.1) is 12.3 Å². The second kappa shape index (κ2) is 7.92. The highest BCUT2D eigenvalue weighted by Gasteiger charge is 2.27. The topological polar surface area (TPSA) is 92.3 Å². The molecule has 1 aromatic rings. The Bertz CT molecular complexity index is 736. The Kier molecular flexibility index (Phi) is 5.64. The van der Waals surface area contributed by atoms with E-state index in [2.05, 4.69) is 15.6 Å². The van der Waals surface area contributed by atoms with Crippen LogP contribution in [-0.2, 0) is 16.6 Å². The SMILES string of the molecule is CCNC(=NCc1ccc2c(c1)OCO2)NCCN1CCCS1(=O)=O. The fraction of sp³-hybridized carbons (Fsp3) is 0.562. The molecule has 8 nitrogen and oxygen atoms in total. The van der Waals surface area contributed by atoms with Crippen LogP contribution in [0.1, 0.15) is 18.9 Å². The number of ether oxygens (including phenoxy) is 2. The summed E-state index contributed by atoms with van der Waals surface area (Å²) in [6.45, 7) is 5.05. The lowest BCUT2D eigenvalue weighted by molar-refractivity contribution is 0.174. The normalized spacial score (nSPS) is 19.2. The molecular formula is C16H24N4O4S. The van der Waals surface area contributed by atoms with Crippen LogP contribution >= 0.6 is 0 Å². The van der Waals surface area contributed by atoms with Gasteiger partial charge in [-0.15, -0.1) is 0 Å². The summed E-state index contributed by atoms with van der Waals surface area (Å²) in [6, 6.07) is 5.76. The van der Waals surface area contributed by atoms with Gasteiger partial charge in [-0.05, 0) is 31.0 Å². The van der Waals surface area contributed by atoms with Crippen LogP contribution in [-0.4, -0.2) is 57.4 Å². The van der Waals surface area contributed by atoms with Crippen molar-refractivity contribution < 1.29 is 17.9 Å². The quantitative estimate of drug-likeness (QED) is 0.561. The van der Waals surface area contributed by atoms with Gasteiger partial charge in [0, 0.05) is 26.2 Å². The minimum atomic E-state index is -3.05. The molecule has 138 valence electrons. The number of benzene rings is 1. The van der Waals surface area contributed by atoms with Gasteiger partial charge >= 0.3 is 0 Å². The number of rotatable bonds is 6. The fourth-order valence-corrected chi connectivity index (χ4v) is 4.32. The smallest absolute Gasteiger partial charge is 0.231 e. The molecule has 0 saturated carbocycles. The van der Waals surface area contributed by atoms with Gasteiger partial charge in [-0.2, -0.15) is 0 Å². The van der Waals surface area contributed by atoms with Gasteiger partial charge in [0.1, 0.15) is 0 Å². The number of fused-ring (bicyclic) bond motifs is 1. The number of hydrogen-bond acceptors (Lipinski definition) is 5. The maximum Gasteiger partial charge on any atom is 0.231 e. The zero-order chi connectivity index (χ0) is 17.7. The summed E-state index contributed by atoms with van der Waals surface area (Å²) in [5, 5.41) is 6.35. The Morgan fingerprint density at radius 1 is 1.28 bits per heavy atom. The fourth-order valence-electron chi connectivity index (χ4n) is 2.79. The molecule has 0 unspecified atom stereocenters. The maximum atomic E-state index is 11.8. The van der Waals surface area contributed by atoms with Gasteiger partial charge in [0.15, 0.2) is 17.5 Å². The number of guanidine groups is 1. The summed E-state index contributed by atoms with van der Waals surface area (Å²) in [7, 11) is -3.05. The first-order valence-electron chi connectivity index (χ1n) is 8.47. The Labute approximate surface area is 148 Å². The lowest BCUT2D eigenvalue weighted by Crippen LogP contribution is -2.42. The van der Waals surface area contributed by atoms with Crippen molar-refractivity contribution in [3.63, 3.8) is 0 Å².